The Hall–Kier alpha value is -0.620. The lowest BCUT2D eigenvalue weighted by Gasteiger charge is -2.29. The van der Waals surface area contributed by atoms with Crippen LogP contribution in [0.3, 0.4) is 0 Å². The second-order valence-electron chi connectivity index (χ2n) is 4.23. The molecule has 0 saturated carbocycles. The van der Waals surface area contributed by atoms with Gasteiger partial charge in [0.05, 0.1) is 12.9 Å². The minimum Gasteiger partial charge on any atom is -0.466 e. The Morgan fingerprint density at radius 1 is 1.38 bits per heavy atom. The van der Waals surface area contributed by atoms with E-state index < -0.39 is 10.0 Å². The summed E-state index contributed by atoms with van der Waals surface area (Å²) in [5.74, 6) is 0.214. The molecule has 1 rings (SSSR count). The molecule has 0 aliphatic carbocycles. The summed E-state index contributed by atoms with van der Waals surface area (Å²) in [6, 6.07) is 0. The predicted octanol–water partition coefficient (Wildman–Crippen LogP) is 0.611. The van der Waals surface area contributed by atoms with Gasteiger partial charge in [-0.3, -0.25) is 4.79 Å². The van der Waals surface area contributed by atoms with Crippen LogP contribution in [0.5, 0.6) is 0 Å². The molecule has 0 aromatic heterocycles. The van der Waals surface area contributed by atoms with Crippen molar-refractivity contribution in [1.82, 2.24) is 4.31 Å². The summed E-state index contributed by atoms with van der Waals surface area (Å²) >= 11 is 0. The largest absolute Gasteiger partial charge is 0.466 e. The van der Waals surface area contributed by atoms with E-state index in [2.05, 4.69) is 0 Å². The molecule has 1 fully saturated rings. The summed E-state index contributed by atoms with van der Waals surface area (Å²) in [6.45, 7) is 3.01. The van der Waals surface area contributed by atoms with Crippen molar-refractivity contribution in [2.75, 3.05) is 26.0 Å². The maximum atomic E-state index is 11.3. The Labute approximate surface area is 96.8 Å². The topological polar surface area (TPSA) is 63.7 Å². The summed E-state index contributed by atoms with van der Waals surface area (Å²) in [7, 11) is -3.04. The van der Waals surface area contributed by atoms with Crippen LogP contribution in [-0.2, 0) is 19.6 Å². The standard InChI is InChI=1S/C10H19NO4S/c1-9(12)15-8-5-10-3-6-11(7-4-10)16(2,13)14/h10H,3-8H2,1-2H3. The molecule has 16 heavy (non-hydrogen) atoms. The first-order chi connectivity index (χ1) is 7.39. The second kappa shape index (κ2) is 5.63. The molecule has 1 aliphatic heterocycles. The fourth-order valence-electron chi connectivity index (χ4n) is 1.90. The first-order valence-corrected chi connectivity index (χ1v) is 7.33. The molecule has 1 aliphatic rings. The summed E-state index contributed by atoms with van der Waals surface area (Å²) < 4.78 is 28.9. The van der Waals surface area contributed by atoms with Gasteiger partial charge >= 0.3 is 5.97 Å². The number of ether oxygens (including phenoxy) is 1. The monoisotopic (exact) mass is 249 g/mol. The molecular weight excluding hydrogens is 230 g/mol. The number of rotatable bonds is 4. The highest BCUT2D eigenvalue weighted by Crippen LogP contribution is 2.21. The third-order valence-electron chi connectivity index (χ3n) is 2.87. The fraction of sp³-hybridized carbons (Fsp3) is 0.900. The average molecular weight is 249 g/mol. The van der Waals surface area contributed by atoms with Crippen LogP contribution < -0.4 is 0 Å². The van der Waals surface area contributed by atoms with E-state index in [0.29, 0.717) is 25.6 Å². The van der Waals surface area contributed by atoms with Crippen LogP contribution in [0.4, 0.5) is 0 Å². The summed E-state index contributed by atoms with van der Waals surface area (Å²) in [4.78, 5) is 10.6. The van der Waals surface area contributed by atoms with Crippen molar-refractivity contribution in [1.29, 1.82) is 0 Å². The van der Waals surface area contributed by atoms with Gasteiger partial charge in [-0.15, -0.1) is 0 Å². The van der Waals surface area contributed by atoms with Gasteiger partial charge in [0, 0.05) is 20.0 Å². The van der Waals surface area contributed by atoms with Crippen molar-refractivity contribution in [2.24, 2.45) is 5.92 Å². The normalized spacial score (nSPS) is 19.6. The lowest BCUT2D eigenvalue weighted by Crippen LogP contribution is -2.37. The Morgan fingerprint density at radius 3 is 2.38 bits per heavy atom. The Balaban J connectivity index is 2.25. The van der Waals surface area contributed by atoms with Crippen LogP contribution in [0, 0.1) is 5.92 Å². The van der Waals surface area contributed by atoms with Gasteiger partial charge in [-0.05, 0) is 25.2 Å². The zero-order valence-electron chi connectivity index (χ0n) is 9.81. The molecule has 0 spiro atoms. The lowest BCUT2D eigenvalue weighted by atomic mass is 9.95. The second-order valence-corrected chi connectivity index (χ2v) is 6.22. The number of hydrogen-bond donors (Lipinski definition) is 0. The van der Waals surface area contributed by atoms with Crippen LogP contribution in [0.15, 0.2) is 0 Å². The van der Waals surface area contributed by atoms with Crippen molar-refractivity contribution in [3.63, 3.8) is 0 Å². The highest BCUT2D eigenvalue weighted by Gasteiger charge is 2.24. The zero-order valence-corrected chi connectivity index (χ0v) is 10.6. The van der Waals surface area contributed by atoms with E-state index in [0.717, 1.165) is 19.3 Å². The van der Waals surface area contributed by atoms with Crippen molar-refractivity contribution in [3.05, 3.63) is 0 Å². The van der Waals surface area contributed by atoms with Crippen LogP contribution >= 0.6 is 0 Å². The number of sulfonamides is 1. The van der Waals surface area contributed by atoms with E-state index in [1.165, 1.54) is 17.5 Å². The predicted molar refractivity (Wildman–Crippen MR) is 60.4 cm³/mol. The van der Waals surface area contributed by atoms with E-state index in [9.17, 15) is 13.2 Å². The third kappa shape index (κ3) is 4.49. The molecule has 1 heterocycles. The maximum Gasteiger partial charge on any atom is 0.302 e. The van der Waals surface area contributed by atoms with E-state index in [1.54, 1.807) is 0 Å². The van der Waals surface area contributed by atoms with Gasteiger partial charge in [-0.2, -0.15) is 0 Å². The molecule has 0 unspecified atom stereocenters. The van der Waals surface area contributed by atoms with Crippen molar-refractivity contribution in [2.45, 2.75) is 26.2 Å². The first kappa shape index (κ1) is 13.4. The molecule has 0 aromatic carbocycles. The third-order valence-corrected chi connectivity index (χ3v) is 4.18. The van der Waals surface area contributed by atoms with Crippen molar-refractivity contribution >= 4 is 16.0 Å². The van der Waals surface area contributed by atoms with E-state index >= 15 is 0 Å². The number of nitrogens with zero attached hydrogens (tertiary/aromatic N) is 1. The minimum atomic E-state index is -3.04. The van der Waals surface area contributed by atoms with Gasteiger partial charge < -0.3 is 4.74 Å². The number of esters is 1. The van der Waals surface area contributed by atoms with E-state index in [-0.39, 0.29) is 5.97 Å². The number of carbonyl (C=O) groups is 1. The highest BCUT2D eigenvalue weighted by atomic mass is 32.2. The molecule has 5 nitrogen and oxygen atoms in total. The van der Waals surface area contributed by atoms with Crippen molar-refractivity contribution in [3.8, 4) is 0 Å². The molecule has 0 amide bonds. The van der Waals surface area contributed by atoms with Crippen LogP contribution in [-0.4, -0.2) is 44.6 Å². The number of carbonyl (C=O) groups excluding carboxylic acids is 1. The number of piperidine rings is 1. The molecule has 1 saturated heterocycles. The quantitative estimate of drug-likeness (QED) is 0.685. The van der Waals surface area contributed by atoms with Crippen LogP contribution in [0.2, 0.25) is 0 Å². The smallest absolute Gasteiger partial charge is 0.302 e. The van der Waals surface area contributed by atoms with Crippen LogP contribution in [0.1, 0.15) is 26.2 Å². The van der Waals surface area contributed by atoms with E-state index in [1.807, 2.05) is 0 Å². The van der Waals surface area contributed by atoms with Gasteiger partial charge in [0.2, 0.25) is 10.0 Å². The molecule has 0 aromatic rings. The summed E-state index contributed by atoms with van der Waals surface area (Å²) in [5.41, 5.74) is 0. The highest BCUT2D eigenvalue weighted by molar-refractivity contribution is 7.88. The van der Waals surface area contributed by atoms with Crippen molar-refractivity contribution < 1.29 is 17.9 Å². The Bertz CT molecular complexity index is 331. The molecule has 0 radical (unpaired) electrons. The molecule has 94 valence electrons. The van der Waals surface area contributed by atoms with Gasteiger partial charge in [0.25, 0.3) is 0 Å². The molecule has 0 atom stereocenters. The molecule has 6 heteroatoms. The van der Waals surface area contributed by atoms with Gasteiger partial charge in [0.15, 0.2) is 0 Å². The van der Waals surface area contributed by atoms with Gasteiger partial charge in [0.1, 0.15) is 0 Å². The van der Waals surface area contributed by atoms with E-state index in [4.69, 9.17) is 4.74 Å². The van der Waals surface area contributed by atoms with Crippen LogP contribution in [0.25, 0.3) is 0 Å². The summed E-state index contributed by atoms with van der Waals surface area (Å²) in [6.07, 6.45) is 3.78. The Morgan fingerprint density at radius 2 is 1.94 bits per heavy atom. The molecule has 0 bridgehead atoms. The average Bonchev–Trinajstić information content (AvgIpc) is 2.16. The Kier molecular flexibility index (Phi) is 4.73. The minimum absolute atomic E-state index is 0.256. The SMILES string of the molecule is CC(=O)OCCC1CCN(S(C)(=O)=O)CC1. The zero-order chi connectivity index (χ0) is 12.2. The molecule has 0 N–H and O–H groups in total. The summed E-state index contributed by atoms with van der Waals surface area (Å²) in [5, 5.41) is 0. The number of hydrogen-bond acceptors (Lipinski definition) is 4. The lowest BCUT2D eigenvalue weighted by molar-refractivity contribution is -0.141. The maximum absolute atomic E-state index is 11.3. The molecular formula is C10H19NO4S. The van der Waals surface area contributed by atoms with Gasteiger partial charge in [-0.1, -0.05) is 0 Å². The fourth-order valence-corrected chi connectivity index (χ4v) is 2.77. The van der Waals surface area contributed by atoms with Gasteiger partial charge in [-0.25, -0.2) is 12.7 Å². The first-order valence-electron chi connectivity index (χ1n) is 5.48.